The number of hydrogen-bond acceptors (Lipinski definition) is 4. The Morgan fingerprint density at radius 3 is 1.49 bits per heavy atom. The number of likely N-dealkylation sites (tertiary alicyclic amines) is 1. The van der Waals surface area contributed by atoms with Gasteiger partial charge in [0.25, 0.3) is 0 Å². The molecule has 0 spiro atoms. The molecule has 298 valence electrons. The van der Waals surface area contributed by atoms with E-state index in [1.807, 2.05) is 0 Å². The maximum absolute atomic E-state index is 6.50. The van der Waals surface area contributed by atoms with E-state index in [-0.39, 0.29) is 6.10 Å². The third-order valence-corrected chi connectivity index (χ3v) is 10.5. The van der Waals surface area contributed by atoms with Gasteiger partial charge < -0.3 is 9.47 Å². The van der Waals surface area contributed by atoms with Gasteiger partial charge in [-0.3, -0.25) is 9.80 Å². The van der Waals surface area contributed by atoms with Crippen LogP contribution < -0.4 is 0 Å². The minimum Gasteiger partial charge on any atom is -0.379 e. The van der Waals surface area contributed by atoms with Crippen LogP contribution in [-0.2, 0) is 9.47 Å². The van der Waals surface area contributed by atoms with Gasteiger partial charge in [0.15, 0.2) is 0 Å². The van der Waals surface area contributed by atoms with Crippen LogP contribution in [0.1, 0.15) is 188 Å². The summed E-state index contributed by atoms with van der Waals surface area (Å²) in [6.07, 6.45) is 51.1. The Kier molecular flexibility index (Phi) is 36.1. The zero-order valence-electron chi connectivity index (χ0n) is 34.8. The average molecular weight is 713 g/mol. The Bertz CT molecular complexity index is 817. The Morgan fingerprint density at radius 1 is 0.549 bits per heavy atom. The van der Waals surface area contributed by atoms with Crippen LogP contribution in [0.4, 0.5) is 0 Å². The molecule has 51 heavy (non-hydrogen) atoms. The van der Waals surface area contributed by atoms with Gasteiger partial charge in [-0.1, -0.05) is 153 Å². The van der Waals surface area contributed by atoms with E-state index >= 15 is 0 Å². The minimum absolute atomic E-state index is 0.197. The summed E-state index contributed by atoms with van der Waals surface area (Å²) < 4.78 is 12.7. The summed E-state index contributed by atoms with van der Waals surface area (Å²) in [7, 11) is 0. The van der Waals surface area contributed by atoms with Crippen LogP contribution in [0.3, 0.4) is 0 Å². The van der Waals surface area contributed by atoms with Gasteiger partial charge in [-0.15, -0.1) is 0 Å². The van der Waals surface area contributed by atoms with Crippen LogP contribution in [0.5, 0.6) is 0 Å². The molecule has 1 aliphatic heterocycles. The zero-order chi connectivity index (χ0) is 36.7. The molecule has 0 radical (unpaired) electrons. The molecular weight excluding hydrogens is 625 g/mol. The SMILES string of the molecule is CCCCC/C=C\C/C=C\CCCCCCCCOCC(CN1CCC(N(CC)CC)C1)OCCCCCCCC/C=C/C/C=C/CCCCC. The predicted molar refractivity (Wildman–Crippen MR) is 227 cm³/mol. The molecule has 2 unspecified atom stereocenters. The first kappa shape index (κ1) is 47.8. The van der Waals surface area contributed by atoms with E-state index in [1.54, 1.807) is 0 Å². The van der Waals surface area contributed by atoms with Crippen molar-refractivity contribution in [1.29, 1.82) is 0 Å². The molecule has 4 nitrogen and oxygen atoms in total. The number of allylic oxidation sites excluding steroid dienone is 8. The van der Waals surface area contributed by atoms with Crippen molar-refractivity contribution in [2.75, 3.05) is 52.5 Å². The third-order valence-electron chi connectivity index (χ3n) is 10.5. The normalized spacial score (nSPS) is 16.5. The standard InChI is InChI=1S/C47H88N2O2/c1-5-9-11-13-15-17-19-21-23-25-27-29-31-33-35-37-41-50-45-47(44-48-40-39-46(43-48)49(7-3)8-4)51-42-38-36-34-32-30-28-26-24-22-20-18-16-14-12-10-6-2/h15-18,21-24,46-47H,5-14,19-20,25-45H2,1-4H3/b17-15-,18-16+,23-21-,24-22+. The van der Waals surface area contributed by atoms with Crippen LogP contribution in [0.15, 0.2) is 48.6 Å². The van der Waals surface area contributed by atoms with Crippen molar-refractivity contribution >= 4 is 0 Å². The number of unbranched alkanes of at least 4 members (excludes halogenated alkanes) is 18. The number of nitrogens with zero attached hydrogens (tertiary/aromatic N) is 2. The van der Waals surface area contributed by atoms with E-state index < -0.39 is 0 Å². The van der Waals surface area contributed by atoms with Crippen molar-refractivity contribution < 1.29 is 9.47 Å². The highest BCUT2D eigenvalue weighted by Crippen LogP contribution is 2.17. The lowest BCUT2D eigenvalue weighted by Gasteiger charge is -2.28. The molecule has 2 atom stereocenters. The monoisotopic (exact) mass is 713 g/mol. The summed E-state index contributed by atoms with van der Waals surface area (Å²) in [6.45, 7) is 17.3. The van der Waals surface area contributed by atoms with E-state index in [1.165, 1.54) is 161 Å². The van der Waals surface area contributed by atoms with Gasteiger partial charge in [0.2, 0.25) is 0 Å². The Morgan fingerprint density at radius 2 is 1.00 bits per heavy atom. The topological polar surface area (TPSA) is 24.9 Å². The fourth-order valence-corrected chi connectivity index (χ4v) is 7.20. The van der Waals surface area contributed by atoms with E-state index in [4.69, 9.17) is 9.47 Å². The summed E-state index contributed by atoms with van der Waals surface area (Å²) in [6, 6.07) is 0.701. The van der Waals surface area contributed by atoms with Crippen molar-refractivity contribution in [2.45, 2.75) is 200 Å². The highest BCUT2D eigenvalue weighted by molar-refractivity contribution is 4.93. The molecular formula is C47H88N2O2. The molecule has 4 heteroatoms. The third kappa shape index (κ3) is 30.9. The predicted octanol–water partition coefficient (Wildman–Crippen LogP) is 13.4. The summed E-state index contributed by atoms with van der Waals surface area (Å²) in [5.74, 6) is 0. The van der Waals surface area contributed by atoms with E-state index in [0.29, 0.717) is 6.04 Å². The van der Waals surface area contributed by atoms with Gasteiger partial charge in [0, 0.05) is 32.3 Å². The van der Waals surface area contributed by atoms with Crippen molar-refractivity contribution in [3.05, 3.63) is 48.6 Å². The van der Waals surface area contributed by atoms with Crippen LogP contribution in [0.25, 0.3) is 0 Å². The Labute approximate surface area is 320 Å². The molecule has 0 aromatic rings. The van der Waals surface area contributed by atoms with Gasteiger partial charge >= 0.3 is 0 Å². The Balaban J connectivity index is 2.16. The molecule has 1 saturated heterocycles. The van der Waals surface area contributed by atoms with Gasteiger partial charge in [-0.05, 0) is 103 Å². The lowest BCUT2D eigenvalue weighted by atomic mass is 10.1. The van der Waals surface area contributed by atoms with Gasteiger partial charge in [-0.25, -0.2) is 0 Å². The van der Waals surface area contributed by atoms with Gasteiger partial charge in [-0.2, -0.15) is 0 Å². The zero-order valence-corrected chi connectivity index (χ0v) is 34.8. The number of likely N-dealkylation sites (N-methyl/N-ethyl adjacent to an activating group) is 1. The van der Waals surface area contributed by atoms with Crippen molar-refractivity contribution in [3.63, 3.8) is 0 Å². The van der Waals surface area contributed by atoms with E-state index in [0.717, 1.165) is 52.3 Å². The molecule has 0 aliphatic carbocycles. The Hall–Kier alpha value is -1.20. The molecule has 0 aromatic heterocycles. The second kappa shape index (κ2) is 38.5. The molecule has 1 aliphatic rings. The van der Waals surface area contributed by atoms with Crippen LogP contribution in [0.2, 0.25) is 0 Å². The molecule has 0 bridgehead atoms. The molecule has 0 amide bonds. The summed E-state index contributed by atoms with van der Waals surface area (Å²) in [4.78, 5) is 5.26. The molecule has 0 saturated carbocycles. The fraction of sp³-hybridized carbons (Fsp3) is 0.830. The molecule has 1 fully saturated rings. The van der Waals surface area contributed by atoms with Crippen LogP contribution in [0, 0.1) is 0 Å². The molecule has 0 N–H and O–H groups in total. The average Bonchev–Trinajstić information content (AvgIpc) is 3.60. The number of rotatable bonds is 38. The first-order valence-electron chi connectivity index (χ1n) is 22.5. The summed E-state index contributed by atoms with van der Waals surface area (Å²) >= 11 is 0. The van der Waals surface area contributed by atoms with Crippen LogP contribution >= 0.6 is 0 Å². The molecule has 1 rings (SSSR count). The van der Waals surface area contributed by atoms with Crippen molar-refractivity contribution in [2.24, 2.45) is 0 Å². The fourth-order valence-electron chi connectivity index (χ4n) is 7.20. The van der Waals surface area contributed by atoms with E-state index in [2.05, 4.69) is 86.1 Å². The first-order chi connectivity index (χ1) is 25.2. The largest absolute Gasteiger partial charge is 0.379 e. The second-order valence-corrected chi connectivity index (χ2v) is 15.2. The highest BCUT2D eigenvalue weighted by Gasteiger charge is 2.28. The second-order valence-electron chi connectivity index (χ2n) is 15.2. The summed E-state index contributed by atoms with van der Waals surface area (Å²) in [5.41, 5.74) is 0. The smallest absolute Gasteiger partial charge is 0.0934 e. The lowest BCUT2D eigenvalue weighted by molar-refractivity contribution is -0.0323. The molecule has 0 aromatic carbocycles. The number of ether oxygens (including phenoxy) is 2. The maximum atomic E-state index is 6.50. The first-order valence-corrected chi connectivity index (χ1v) is 22.5. The van der Waals surface area contributed by atoms with Crippen molar-refractivity contribution in [1.82, 2.24) is 9.80 Å². The van der Waals surface area contributed by atoms with Gasteiger partial charge in [0.1, 0.15) is 0 Å². The molecule has 1 heterocycles. The van der Waals surface area contributed by atoms with E-state index in [9.17, 15) is 0 Å². The van der Waals surface area contributed by atoms with Crippen LogP contribution in [-0.4, -0.2) is 74.5 Å². The summed E-state index contributed by atoms with van der Waals surface area (Å²) in [5, 5.41) is 0. The quantitative estimate of drug-likeness (QED) is 0.0470. The number of hydrogen-bond donors (Lipinski definition) is 0. The van der Waals surface area contributed by atoms with Crippen molar-refractivity contribution in [3.8, 4) is 0 Å². The maximum Gasteiger partial charge on any atom is 0.0934 e. The highest BCUT2D eigenvalue weighted by atomic mass is 16.5. The van der Waals surface area contributed by atoms with Gasteiger partial charge in [0.05, 0.1) is 12.7 Å². The minimum atomic E-state index is 0.197. The lowest BCUT2D eigenvalue weighted by Crippen LogP contribution is -2.40.